The van der Waals surface area contributed by atoms with E-state index in [-0.39, 0.29) is 25.5 Å². The summed E-state index contributed by atoms with van der Waals surface area (Å²) in [4.78, 5) is 26.2. The van der Waals surface area contributed by atoms with Crippen molar-refractivity contribution in [3.8, 4) is 11.4 Å². The van der Waals surface area contributed by atoms with E-state index in [0.717, 1.165) is 16.9 Å². The number of anilines is 2. The van der Waals surface area contributed by atoms with Crippen molar-refractivity contribution in [1.82, 2.24) is 25.1 Å². The number of likely N-dealkylation sites (tertiary alicyclic amines) is 1. The molecule has 0 aliphatic carbocycles. The van der Waals surface area contributed by atoms with Crippen LogP contribution in [0, 0.1) is 0 Å². The topological polar surface area (TPSA) is 102 Å². The van der Waals surface area contributed by atoms with E-state index in [4.69, 9.17) is 4.74 Å². The zero-order chi connectivity index (χ0) is 24.5. The summed E-state index contributed by atoms with van der Waals surface area (Å²) in [6, 6.07) is 14.6. The van der Waals surface area contributed by atoms with Gasteiger partial charge >= 0.3 is 5.97 Å². The number of ether oxygens (including phenoxy) is 1. The lowest BCUT2D eigenvalue weighted by Gasteiger charge is -2.47. The molecule has 1 amide bonds. The van der Waals surface area contributed by atoms with Gasteiger partial charge < -0.3 is 15.0 Å². The summed E-state index contributed by atoms with van der Waals surface area (Å²) in [6.07, 6.45) is 0. The third-order valence-corrected chi connectivity index (χ3v) is 5.66. The van der Waals surface area contributed by atoms with Gasteiger partial charge in [0.1, 0.15) is 12.2 Å². The average Bonchev–Trinajstić information content (AvgIpc) is 3.19. The number of carbonyl (C=O) groups is 2. The van der Waals surface area contributed by atoms with E-state index in [1.807, 2.05) is 36.4 Å². The Balaban J connectivity index is 1.53. The summed E-state index contributed by atoms with van der Waals surface area (Å²) >= 11 is 0. The molecule has 1 fully saturated rings. The van der Waals surface area contributed by atoms with Gasteiger partial charge in [-0.3, -0.25) is 9.59 Å². The molecule has 1 N–H and O–H groups in total. The van der Waals surface area contributed by atoms with E-state index < -0.39 is 17.2 Å². The number of para-hydroxylation sites is 1. The van der Waals surface area contributed by atoms with E-state index in [0.29, 0.717) is 11.4 Å². The van der Waals surface area contributed by atoms with E-state index in [9.17, 15) is 14.0 Å². The van der Waals surface area contributed by atoms with Crippen LogP contribution in [0.5, 0.6) is 0 Å². The summed E-state index contributed by atoms with van der Waals surface area (Å²) in [5.41, 5.74) is 0.584. The van der Waals surface area contributed by atoms with Gasteiger partial charge in [0.25, 0.3) is 0 Å². The second-order valence-electron chi connectivity index (χ2n) is 9.02. The number of rotatable bonds is 7. The summed E-state index contributed by atoms with van der Waals surface area (Å²) < 4.78 is 19.7. The normalized spacial score (nSPS) is 14.9. The quantitative estimate of drug-likeness (QED) is 0.532. The number of alkyl halides is 1. The Kier molecular flexibility index (Phi) is 6.07. The summed E-state index contributed by atoms with van der Waals surface area (Å²) in [5.74, 6) is -0.122. The minimum Gasteiger partial charge on any atom is -0.453 e. The maximum absolute atomic E-state index is 14.2. The van der Waals surface area contributed by atoms with Crippen molar-refractivity contribution >= 4 is 23.3 Å². The predicted octanol–water partition coefficient (Wildman–Crippen LogP) is 3.45. The Morgan fingerprint density at radius 1 is 1.12 bits per heavy atom. The van der Waals surface area contributed by atoms with Gasteiger partial charge in [-0.1, -0.05) is 24.3 Å². The molecular weight excluding hydrogens is 439 g/mol. The largest absolute Gasteiger partial charge is 0.453 e. The molecule has 2 aromatic carbocycles. The van der Waals surface area contributed by atoms with Crippen LogP contribution < -0.4 is 5.32 Å². The lowest BCUT2D eigenvalue weighted by Crippen LogP contribution is -2.66. The fraction of sp³-hybridized carbons (Fsp3) is 0.375. The fourth-order valence-corrected chi connectivity index (χ4v) is 3.94. The molecule has 0 unspecified atom stereocenters. The first-order valence-corrected chi connectivity index (χ1v) is 10.9. The van der Waals surface area contributed by atoms with Crippen LogP contribution >= 0.6 is 0 Å². The van der Waals surface area contributed by atoms with E-state index in [1.165, 1.54) is 32.5 Å². The molecule has 4 rings (SSSR count). The second kappa shape index (κ2) is 8.85. The summed E-state index contributed by atoms with van der Waals surface area (Å²) in [7, 11) is 0. The molecule has 0 atom stereocenters. The minimum absolute atomic E-state index is 0.0851. The Labute approximate surface area is 196 Å². The Morgan fingerprint density at radius 2 is 1.79 bits per heavy atom. The molecule has 1 aromatic heterocycles. The van der Waals surface area contributed by atoms with Crippen molar-refractivity contribution in [2.75, 3.05) is 18.4 Å². The molecule has 1 saturated heterocycles. The first-order valence-electron chi connectivity index (χ1n) is 10.9. The molecule has 34 heavy (non-hydrogen) atoms. The van der Waals surface area contributed by atoms with Gasteiger partial charge in [0.15, 0.2) is 5.60 Å². The maximum Gasteiger partial charge on any atom is 0.303 e. The molecule has 178 valence electrons. The first kappa shape index (κ1) is 23.3. The van der Waals surface area contributed by atoms with Crippen LogP contribution in [0.1, 0.15) is 33.3 Å². The molecule has 9 nitrogen and oxygen atoms in total. The Morgan fingerprint density at radius 3 is 2.41 bits per heavy atom. The Hall–Kier alpha value is -3.82. The van der Waals surface area contributed by atoms with Crippen LogP contribution in [0.2, 0.25) is 0 Å². The fourth-order valence-electron chi connectivity index (χ4n) is 3.94. The predicted molar refractivity (Wildman–Crippen MR) is 124 cm³/mol. The van der Waals surface area contributed by atoms with Crippen molar-refractivity contribution in [2.24, 2.45) is 0 Å². The molecule has 3 aromatic rings. The number of benzene rings is 2. The maximum atomic E-state index is 14.2. The zero-order valence-corrected chi connectivity index (χ0v) is 19.6. The highest BCUT2D eigenvalue weighted by Gasteiger charge is 2.48. The number of carbonyl (C=O) groups excluding carboxylic acids is 2. The number of nitrogens with one attached hydrogen (secondary N) is 1. The third kappa shape index (κ3) is 5.05. The average molecular weight is 467 g/mol. The number of tetrazole rings is 1. The number of amides is 1. The Bertz CT molecular complexity index is 1200. The SMILES string of the molecule is CC(=O)OC1(Cn2nnc(-c3ccccc3Nc3ccc(C(C)(C)F)cc3)n2)CN(C(C)=O)C1. The molecule has 1 aliphatic heterocycles. The van der Waals surface area contributed by atoms with Gasteiger partial charge in [-0.15, -0.1) is 10.2 Å². The van der Waals surface area contributed by atoms with Crippen molar-refractivity contribution < 1.29 is 18.7 Å². The number of hydrogen-bond acceptors (Lipinski definition) is 7. The highest BCUT2D eigenvalue weighted by molar-refractivity contribution is 5.77. The van der Waals surface area contributed by atoms with Gasteiger partial charge in [0.05, 0.1) is 13.1 Å². The van der Waals surface area contributed by atoms with E-state index in [1.54, 1.807) is 17.0 Å². The van der Waals surface area contributed by atoms with E-state index in [2.05, 4.69) is 20.7 Å². The molecule has 10 heteroatoms. The molecule has 0 bridgehead atoms. The van der Waals surface area contributed by atoms with Gasteiger partial charge in [-0.05, 0) is 48.9 Å². The zero-order valence-electron chi connectivity index (χ0n) is 19.6. The number of hydrogen-bond donors (Lipinski definition) is 1. The monoisotopic (exact) mass is 466 g/mol. The van der Waals surface area contributed by atoms with Crippen LogP contribution in [0.4, 0.5) is 15.8 Å². The summed E-state index contributed by atoms with van der Waals surface area (Å²) in [5, 5.41) is 16.1. The van der Waals surface area contributed by atoms with Crippen molar-refractivity contribution in [3.63, 3.8) is 0 Å². The summed E-state index contributed by atoms with van der Waals surface area (Å²) in [6.45, 7) is 6.59. The van der Waals surface area contributed by atoms with E-state index >= 15 is 0 Å². The number of nitrogens with zero attached hydrogens (tertiary/aromatic N) is 5. The van der Waals surface area contributed by atoms with Crippen LogP contribution in [0.3, 0.4) is 0 Å². The molecule has 0 radical (unpaired) electrons. The van der Waals surface area contributed by atoms with Gasteiger partial charge in [0.2, 0.25) is 11.7 Å². The smallest absolute Gasteiger partial charge is 0.303 e. The minimum atomic E-state index is -1.41. The van der Waals surface area contributed by atoms with Crippen LogP contribution in [0.25, 0.3) is 11.4 Å². The highest BCUT2D eigenvalue weighted by atomic mass is 19.1. The number of esters is 1. The standard InChI is InChI=1S/C24H27FN6O3/c1-16(32)30-13-24(14-30,34-17(2)33)15-31-28-22(27-29-31)20-7-5-6-8-21(20)26-19-11-9-18(10-12-19)23(3,4)25/h5-12,26H,13-15H2,1-4H3. The third-order valence-electron chi connectivity index (χ3n) is 5.66. The number of halogens is 1. The van der Waals surface area contributed by atoms with Gasteiger partial charge in [0, 0.05) is 30.8 Å². The molecule has 2 heterocycles. The van der Waals surface area contributed by atoms with Crippen LogP contribution in [-0.4, -0.2) is 55.7 Å². The molecule has 0 spiro atoms. The van der Waals surface area contributed by atoms with Crippen LogP contribution in [-0.2, 0) is 26.5 Å². The van der Waals surface area contributed by atoms with Crippen molar-refractivity contribution in [1.29, 1.82) is 0 Å². The van der Waals surface area contributed by atoms with Crippen LogP contribution in [0.15, 0.2) is 48.5 Å². The lowest BCUT2D eigenvalue weighted by molar-refractivity contribution is -0.187. The second-order valence-corrected chi connectivity index (χ2v) is 9.02. The first-order chi connectivity index (χ1) is 16.0. The van der Waals surface area contributed by atoms with Gasteiger partial charge in [-0.25, -0.2) is 4.39 Å². The van der Waals surface area contributed by atoms with Gasteiger partial charge in [-0.2, -0.15) is 4.80 Å². The highest BCUT2D eigenvalue weighted by Crippen LogP contribution is 2.31. The van der Waals surface area contributed by atoms with Crippen molar-refractivity contribution in [2.45, 2.75) is 45.5 Å². The molecular formula is C24H27FN6O3. The number of aromatic nitrogens is 4. The van der Waals surface area contributed by atoms with Crippen molar-refractivity contribution in [3.05, 3.63) is 54.1 Å². The molecule has 1 aliphatic rings. The molecule has 0 saturated carbocycles. The lowest BCUT2D eigenvalue weighted by atomic mass is 9.93.